The van der Waals surface area contributed by atoms with Crippen LogP contribution in [0.2, 0.25) is 0 Å². The second-order valence-corrected chi connectivity index (χ2v) is 7.50. The van der Waals surface area contributed by atoms with Gasteiger partial charge < -0.3 is 21.7 Å². The Bertz CT molecular complexity index is 869. The number of fused-ring (bicyclic) bond motifs is 1. The highest BCUT2D eigenvalue weighted by Gasteiger charge is 2.25. The van der Waals surface area contributed by atoms with E-state index in [4.69, 9.17) is 5.73 Å². The lowest BCUT2D eigenvalue weighted by molar-refractivity contribution is -0.131. The maximum Gasteiger partial charge on any atom is 0.244 e. The average Bonchev–Trinajstić information content (AvgIpc) is 2.74. The molecular weight excluding hydrogens is 400 g/mol. The number of carbonyl (C=O) groups excluding carboxylic acids is 3. The van der Waals surface area contributed by atoms with Crippen LogP contribution < -0.4 is 21.7 Å². The van der Waals surface area contributed by atoms with E-state index in [9.17, 15) is 14.4 Å². The van der Waals surface area contributed by atoms with Crippen LogP contribution in [-0.4, -0.2) is 42.1 Å². The quantitative estimate of drug-likeness (QED) is 0.275. The predicted molar refractivity (Wildman–Crippen MR) is 122 cm³/mol. The zero-order valence-corrected chi connectivity index (χ0v) is 18.1. The first-order chi connectivity index (χ1) is 14.5. The maximum absolute atomic E-state index is 12.9. The van der Waals surface area contributed by atoms with Crippen LogP contribution in [0.1, 0.15) is 31.7 Å². The summed E-state index contributed by atoms with van der Waals surface area (Å²) < 4.78 is 0. The van der Waals surface area contributed by atoms with Gasteiger partial charge in [-0.05, 0) is 42.1 Å². The summed E-state index contributed by atoms with van der Waals surface area (Å²) in [4.78, 5) is 36.7. The molecule has 0 radical (unpaired) electrons. The van der Waals surface area contributed by atoms with Gasteiger partial charge in [0.25, 0.3) is 0 Å². The van der Waals surface area contributed by atoms with Crippen LogP contribution in [0, 0.1) is 0 Å². The van der Waals surface area contributed by atoms with Crippen LogP contribution in [0.25, 0.3) is 10.8 Å². The molecule has 2 atom stereocenters. The lowest BCUT2D eigenvalue weighted by atomic mass is 10.0. The number of unbranched alkanes of at least 4 members (excludes halogenated alkanes) is 1. The summed E-state index contributed by atoms with van der Waals surface area (Å²) in [6, 6.07) is 12.4. The Balaban J connectivity index is 2.06. The van der Waals surface area contributed by atoms with Gasteiger partial charge in [0.1, 0.15) is 12.1 Å². The number of nitrogens with one attached hydrogen (secondary N) is 3. The largest absolute Gasteiger partial charge is 0.350 e. The molecule has 162 valence electrons. The minimum atomic E-state index is -0.797. The molecule has 0 heterocycles. The summed E-state index contributed by atoms with van der Waals surface area (Å²) >= 11 is 4.12. The van der Waals surface area contributed by atoms with E-state index in [1.807, 2.05) is 42.5 Å². The monoisotopic (exact) mass is 430 g/mol. The molecule has 2 aromatic carbocycles. The number of hydrogen-bond donors (Lipinski definition) is 5. The van der Waals surface area contributed by atoms with E-state index < -0.39 is 18.0 Å². The summed E-state index contributed by atoms with van der Waals surface area (Å²) in [5, 5.41) is 10.4. The average molecular weight is 431 g/mol. The number of carbonyl (C=O) groups is 3. The molecule has 0 spiro atoms. The van der Waals surface area contributed by atoms with Crippen molar-refractivity contribution < 1.29 is 14.4 Å². The Labute approximate surface area is 182 Å². The molecule has 0 aliphatic rings. The van der Waals surface area contributed by atoms with Crippen LogP contribution in [0.5, 0.6) is 0 Å². The summed E-state index contributed by atoms with van der Waals surface area (Å²) in [6.07, 6.45) is 1.92. The zero-order chi connectivity index (χ0) is 21.9. The van der Waals surface area contributed by atoms with Crippen LogP contribution in [-0.2, 0) is 20.9 Å². The Kier molecular flexibility index (Phi) is 9.63. The molecule has 0 aliphatic heterocycles. The highest BCUT2D eigenvalue weighted by atomic mass is 32.1. The fraction of sp³-hybridized carbons (Fsp3) is 0.409. The second kappa shape index (κ2) is 12.2. The number of hydrogen-bond acceptors (Lipinski definition) is 5. The van der Waals surface area contributed by atoms with Crippen LogP contribution in [0.15, 0.2) is 42.5 Å². The first-order valence-electron chi connectivity index (χ1n) is 10.1. The van der Waals surface area contributed by atoms with Gasteiger partial charge in [-0.1, -0.05) is 42.5 Å². The van der Waals surface area contributed by atoms with Gasteiger partial charge >= 0.3 is 0 Å². The molecule has 0 fully saturated rings. The van der Waals surface area contributed by atoms with Gasteiger partial charge in [0.2, 0.25) is 17.7 Å². The first-order valence-corrected chi connectivity index (χ1v) is 10.7. The van der Waals surface area contributed by atoms with Gasteiger partial charge in [-0.3, -0.25) is 14.4 Å². The summed E-state index contributed by atoms with van der Waals surface area (Å²) in [7, 11) is 0. The Hall–Kier alpha value is -2.58. The van der Waals surface area contributed by atoms with Crippen molar-refractivity contribution in [2.75, 3.05) is 12.3 Å². The third-order valence-electron chi connectivity index (χ3n) is 4.79. The Morgan fingerprint density at radius 2 is 1.70 bits per heavy atom. The van der Waals surface area contributed by atoms with Crippen molar-refractivity contribution in [3.63, 3.8) is 0 Å². The summed E-state index contributed by atoms with van der Waals surface area (Å²) in [5.74, 6) is -0.893. The number of amides is 3. The molecule has 0 bridgehead atoms. The molecule has 7 nitrogen and oxygen atoms in total. The van der Waals surface area contributed by atoms with Crippen molar-refractivity contribution in [2.24, 2.45) is 5.73 Å². The van der Waals surface area contributed by atoms with Crippen LogP contribution >= 0.6 is 12.6 Å². The second-order valence-electron chi connectivity index (χ2n) is 7.14. The molecule has 1 unspecified atom stereocenters. The van der Waals surface area contributed by atoms with E-state index in [0.29, 0.717) is 25.9 Å². The van der Waals surface area contributed by atoms with Crippen LogP contribution in [0.3, 0.4) is 0 Å². The third-order valence-corrected chi connectivity index (χ3v) is 5.15. The summed E-state index contributed by atoms with van der Waals surface area (Å²) in [5.41, 5.74) is 6.56. The minimum Gasteiger partial charge on any atom is -0.350 e. The fourth-order valence-corrected chi connectivity index (χ4v) is 3.48. The van der Waals surface area contributed by atoms with E-state index in [2.05, 4.69) is 28.6 Å². The van der Waals surface area contributed by atoms with Gasteiger partial charge in [-0.2, -0.15) is 12.6 Å². The highest BCUT2D eigenvalue weighted by Crippen LogP contribution is 2.18. The zero-order valence-electron chi connectivity index (χ0n) is 17.2. The minimum absolute atomic E-state index is 0.137. The molecule has 8 heteroatoms. The number of benzene rings is 2. The SMILES string of the molecule is CC(=O)N[C@@H](CS)C(=O)NC(CCCCN)C(=O)NCc1cccc2ccccc12. The number of rotatable bonds is 11. The molecule has 2 aromatic rings. The van der Waals surface area contributed by atoms with Crippen molar-refractivity contribution in [1.82, 2.24) is 16.0 Å². The van der Waals surface area contributed by atoms with Gasteiger partial charge in [-0.25, -0.2) is 0 Å². The molecular formula is C22H30N4O3S. The Morgan fingerprint density at radius 3 is 2.40 bits per heavy atom. The molecule has 3 amide bonds. The molecule has 5 N–H and O–H groups in total. The topological polar surface area (TPSA) is 113 Å². The van der Waals surface area contributed by atoms with Crippen molar-refractivity contribution in [1.29, 1.82) is 0 Å². The van der Waals surface area contributed by atoms with E-state index in [-0.39, 0.29) is 17.6 Å². The summed E-state index contributed by atoms with van der Waals surface area (Å²) in [6.45, 7) is 2.20. The van der Waals surface area contributed by atoms with Crippen molar-refractivity contribution in [3.05, 3.63) is 48.0 Å². The number of nitrogens with two attached hydrogens (primary N) is 1. The molecule has 0 aliphatic carbocycles. The lowest BCUT2D eigenvalue weighted by Crippen LogP contribution is -2.54. The molecule has 0 saturated heterocycles. The van der Waals surface area contributed by atoms with E-state index >= 15 is 0 Å². The molecule has 0 saturated carbocycles. The normalized spacial score (nSPS) is 12.8. The lowest BCUT2D eigenvalue weighted by Gasteiger charge is -2.22. The first kappa shape index (κ1) is 23.7. The van der Waals surface area contributed by atoms with E-state index in [1.54, 1.807) is 0 Å². The molecule has 0 aromatic heterocycles. The standard InChI is InChI=1S/C22H30N4O3S/c1-15(27)25-20(14-30)22(29)26-19(11-4-5-12-23)21(28)24-13-17-9-6-8-16-7-2-3-10-18(16)17/h2-3,6-10,19-20,30H,4-5,11-14,23H2,1H3,(H,24,28)(H,25,27)(H,26,29)/t19?,20-/m0/s1. The van der Waals surface area contributed by atoms with Crippen molar-refractivity contribution in [2.45, 2.75) is 44.8 Å². The maximum atomic E-state index is 12.9. The smallest absolute Gasteiger partial charge is 0.244 e. The fourth-order valence-electron chi connectivity index (χ4n) is 3.23. The van der Waals surface area contributed by atoms with Gasteiger partial charge in [0, 0.05) is 19.2 Å². The van der Waals surface area contributed by atoms with Crippen LogP contribution in [0.4, 0.5) is 0 Å². The predicted octanol–water partition coefficient (Wildman–Crippen LogP) is 1.50. The van der Waals surface area contributed by atoms with Crippen molar-refractivity contribution >= 4 is 41.1 Å². The van der Waals surface area contributed by atoms with Gasteiger partial charge in [0.05, 0.1) is 0 Å². The van der Waals surface area contributed by atoms with Gasteiger partial charge in [0.15, 0.2) is 0 Å². The molecule has 2 rings (SSSR count). The highest BCUT2D eigenvalue weighted by molar-refractivity contribution is 7.80. The van der Waals surface area contributed by atoms with E-state index in [0.717, 1.165) is 22.8 Å². The van der Waals surface area contributed by atoms with Gasteiger partial charge in [-0.15, -0.1) is 0 Å². The Morgan fingerprint density at radius 1 is 0.967 bits per heavy atom. The van der Waals surface area contributed by atoms with Crippen molar-refractivity contribution in [3.8, 4) is 0 Å². The molecule has 30 heavy (non-hydrogen) atoms. The van der Waals surface area contributed by atoms with E-state index in [1.165, 1.54) is 6.92 Å². The third kappa shape index (κ3) is 7.03. The number of thiol groups is 1.